The normalized spacial score (nSPS) is 11.9. The van der Waals surface area contributed by atoms with Crippen LogP contribution in [0.25, 0.3) is 0 Å². The molecule has 0 aliphatic heterocycles. The number of H-pyrrole nitrogens is 2. The topological polar surface area (TPSA) is 128 Å². The lowest BCUT2D eigenvalue weighted by atomic mass is 10.2. The minimum absolute atomic E-state index is 0.0403. The summed E-state index contributed by atoms with van der Waals surface area (Å²) in [4.78, 5) is 3.94. The van der Waals surface area contributed by atoms with E-state index in [9.17, 15) is 8.42 Å². The first-order chi connectivity index (χ1) is 10.0. The van der Waals surface area contributed by atoms with Crippen molar-refractivity contribution < 1.29 is 8.42 Å². The van der Waals surface area contributed by atoms with Gasteiger partial charge in [0.1, 0.15) is 12.2 Å². The summed E-state index contributed by atoms with van der Waals surface area (Å²) >= 11 is 0. The average molecular weight is 313 g/mol. The van der Waals surface area contributed by atoms with E-state index in [4.69, 9.17) is 0 Å². The van der Waals surface area contributed by atoms with Gasteiger partial charge in [0, 0.05) is 30.8 Å². The summed E-state index contributed by atoms with van der Waals surface area (Å²) in [7, 11) is -3.65. The van der Waals surface area contributed by atoms with Gasteiger partial charge >= 0.3 is 0 Å². The summed E-state index contributed by atoms with van der Waals surface area (Å²) in [6, 6.07) is 0. The van der Waals surface area contributed by atoms with Crippen LogP contribution in [0.5, 0.6) is 0 Å². The fourth-order valence-corrected chi connectivity index (χ4v) is 3.06. The van der Waals surface area contributed by atoms with Crippen molar-refractivity contribution in [2.75, 3.05) is 13.1 Å². The highest BCUT2D eigenvalue weighted by atomic mass is 32.2. The third-order valence-corrected chi connectivity index (χ3v) is 4.39. The van der Waals surface area contributed by atoms with Crippen LogP contribution in [-0.4, -0.2) is 46.9 Å². The molecule has 0 bridgehead atoms. The molecular weight excluding hydrogens is 294 g/mol. The lowest BCUT2D eigenvalue weighted by Crippen LogP contribution is -2.28. The predicted molar refractivity (Wildman–Crippen MR) is 76.0 cm³/mol. The lowest BCUT2D eigenvalue weighted by molar-refractivity contribution is 0.573. The molecule has 0 amide bonds. The summed E-state index contributed by atoms with van der Waals surface area (Å²) in [5.41, 5.74) is 1.40. The molecule has 4 N–H and O–H groups in total. The second-order valence-corrected chi connectivity index (χ2v) is 6.17. The van der Waals surface area contributed by atoms with Crippen molar-refractivity contribution in [1.82, 2.24) is 35.4 Å². The SMILES string of the molecule is CCNCc1c(S(=O)(=O)NCCc2ncn[nH]2)n[nH]c1C. The van der Waals surface area contributed by atoms with E-state index in [-0.39, 0.29) is 11.6 Å². The van der Waals surface area contributed by atoms with Crippen LogP contribution in [0.15, 0.2) is 11.4 Å². The smallest absolute Gasteiger partial charge is 0.260 e. The highest BCUT2D eigenvalue weighted by Crippen LogP contribution is 2.15. The number of nitrogens with one attached hydrogen (secondary N) is 4. The summed E-state index contributed by atoms with van der Waals surface area (Å²) < 4.78 is 27.1. The van der Waals surface area contributed by atoms with E-state index in [1.54, 1.807) is 6.92 Å². The fraction of sp³-hybridized carbons (Fsp3) is 0.545. The van der Waals surface area contributed by atoms with E-state index in [0.717, 1.165) is 12.2 Å². The molecule has 0 saturated heterocycles. The Morgan fingerprint density at radius 2 is 2.14 bits per heavy atom. The van der Waals surface area contributed by atoms with Crippen LogP contribution in [0.1, 0.15) is 24.0 Å². The first-order valence-corrected chi connectivity index (χ1v) is 8.11. The Labute approximate surface area is 123 Å². The molecule has 2 aromatic heterocycles. The van der Waals surface area contributed by atoms with E-state index in [2.05, 4.69) is 35.4 Å². The Kier molecular flexibility index (Phi) is 5.04. The van der Waals surface area contributed by atoms with Gasteiger partial charge in [0.15, 0.2) is 5.03 Å². The molecule has 2 rings (SSSR count). The van der Waals surface area contributed by atoms with Gasteiger partial charge in [0.25, 0.3) is 10.0 Å². The zero-order valence-electron chi connectivity index (χ0n) is 12.0. The standard InChI is InChI=1S/C11H19N7O2S/c1-3-12-6-9-8(2)16-18-11(9)21(19,20)15-5-4-10-13-7-14-17-10/h7,12,15H,3-6H2,1-2H3,(H,16,18)(H,13,14,17). The summed E-state index contributed by atoms with van der Waals surface area (Å²) in [6.45, 7) is 5.19. The first-order valence-electron chi connectivity index (χ1n) is 6.63. The van der Waals surface area contributed by atoms with Gasteiger partial charge in [0.05, 0.1) is 0 Å². The number of hydrogen-bond acceptors (Lipinski definition) is 6. The number of rotatable bonds is 8. The van der Waals surface area contributed by atoms with E-state index >= 15 is 0 Å². The quantitative estimate of drug-likeness (QED) is 0.518. The third-order valence-electron chi connectivity index (χ3n) is 2.96. The first kappa shape index (κ1) is 15.6. The number of nitrogens with zero attached hydrogens (tertiary/aromatic N) is 3. The molecule has 10 heteroatoms. The Morgan fingerprint density at radius 3 is 2.81 bits per heavy atom. The molecule has 9 nitrogen and oxygen atoms in total. The molecule has 0 spiro atoms. The number of aromatic amines is 2. The molecule has 0 atom stereocenters. The number of sulfonamides is 1. The van der Waals surface area contributed by atoms with E-state index in [0.29, 0.717) is 24.4 Å². The Hall–Kier alpha value is -1.78. The summed E-state index contributed by atoms with van der Waals surface area (Å²) in [6.07, 6.45) is 1.82. The van der Waals surface area contributed by atoms with Crippen LogP contribution < -0.4 is 10.0 Å². The predicted octanol–water partition coefficient (Wildman–Crippen LogP) is -0.533. The largest absolute Gasteiger partial charge is 0.313 e. The molecule has 0 unspecified atom stereocenters. The zero-order chi connectivity index (χ0) is 15.3. The Bertz CT molecular complexity index is 663. The van der Waals surface area contributed by atoms with Crippen molar-refractivity contribution in [2.24, 2.45) is 0 Å². The molecule has 0 aliphatic carbocycles. The molecule has 2 aromatic rings. The van der Waals surface area contributed by atoms with Crippen LogP contribution in [0.3, 0.4) is 0 Å². The highest BCUT2D eigenvalue weighted by Gasteiger charge is 2.23. The van der Waals surface area contributed by atoms with Gasteiger partial charge in [-0.2, -0.15) is 10.2 Å². The van der Waals surface area contributed by atoms with Crippen LogP contribution in [0.2, 0.25) is 0 Å². The Morgan fingerprint density at radius 1 is 1.33 bits per heavy atom. The number of aromatic nitrogens is 5. The second-order valence-electron chi connectivity index (χ2n) is 4.49. The minimum atomic E-state index is -3.65. The van der Waals surface area contributed by atoms with Crippen molar-refractivity contribution in [2.45, 2.75) is 31.8 Å². The lowest BCUT2D eigenvalue weighted by Gasteiger charge is -2.07. The van der Waals surface area contributed by atoms with E-state index in [1.807, 2.05) is 6.92 Å². The van der Waals surface area contributed by atoms with Crippen LogP contribution in [0, 0.1) is 6.92 Å². The molecule has 0 aliphatic rings. The maximum atomic E-state index is 12.3. The molecule has 0 saturated carbocycles. The van der Waals surface area contributed by atoms with Crippen LogP contribution >= 0.6 is 0 Å². The molecule has 21 heavy (non-hydrogen) atoms. The van der Waals surface area contributed by atoms with Gasteiger partial charge in [-0.15, -0.1) is 0 Å². The number of hydrogen-bond donors (Lipinski definition) is 4. The van der Waals surface area contributed by atoms with Crippen molar-refractivity contribution in [3.63, 3.8) is 0 Å². The maximum Gasteiger partial charge on any atom is 0.260 e. The van der Waals surface area contributed by atoms with Gasteiger partial charge in [-0.05, 0) is 13.5 Å². The zero-order valence-corrected chi connectivity index (χ0v) is 12.8. The van der Waals surface area contributed by atoms with Gasteiger partial charge in [0.2, 0.25) is 0 Å². The monoisotopic (exact) mass is 313 g/mol. The average Bonchev–Trinajstić information content (AvgIpc) is 3.06. The fourth-order valence-electron chi connectivity index (χ4n) is 1.83. The van der Waals surface area contributed by atoms with Gasteiger partial charge in [-0.25, -0.2) is 18.1 Å². The molecule has 0 radical (unpaired) electrons. The molecule has 0 fully saturated rings. The van der Waals surface area contributed by atoms with Crippen molar-refractivity contribution in [1.29, 1.82) is 0 Å². The summed E-state index contributed by atoms with van der Waals surface area (Å²) in [5, 5.41) is 16.2. The van der Waals surface area contributed by atoms with Crippen LogP contribution in [0.4, 0.5) is 0 Å². The maximum absolute atomic E-state index is 12.3. The second kappa shape index (κ2) is 6.78. The van der Waals surface area contributed by atoms with Gasteiger partial charge in [-0.1, -0.05) is 6.92 Å². The van der Waals surface area contributed by atoms with Gasteiger partial charge < -0.3 is 5.32 Å². The van der Waals surface area contributed by atoms with Crippen molar-refractivity contribution in [3.05, 3.63) is 23.4 Å². The Balaban J connectivity index is 2.05. The third kappa shape index (κ3) is 3.86. The number of aryl methyl sites for hydroxylation is 1. The molecule has 2 heterocycles. The highest BCUT2D eigenvalue weighted by molar-refractivity contribution is 7.89. The van der Waals surface area contributed by atoms with Crippen molar-refractivity contribution >= 4 is 10.0 Å². The molecule has 116 valence electrons. The summed E-state index contributed by atoms with van der Waals surface area (Å²) in [5.74, 6) is 0.629. The van der Waals surface area contributed by atoms with Crippen LogP contribution in [-0.2, 0) is 23.0 Å². The van der Waals surface area contributed by atoms with E-state index in [1.165, 1.54) is 6.33 Å². The van der Waals surface area contributed by atoms with Crippen molar-refractivity contribution in [3.8, 4) is 0 Å². The van der Waals surface area contributed by atoms with Gasteiger partial charge in [-0.3, -0.25) is 10.2 Å². The molecular formula is C11H19N7O2S. The minimum Gasteiger partial charge on any atom is -0.313 e. The van der Waals surface area contributed by atoms with E-state index < -0.39 is 10.0 Å². The molecule has 0 aromatic carbocycles.